The number of rotatable bonds is 5. The zero-order valence-electron chi connectivity index (χ0n) is 18.9. The second-order valence-electron chi connectivity index (χ2n) is 8.84. The predicted molar refractivity (Wildman–Crippen MR) is 133 cm³/mol. The number of methoxy groups -OCH3 is 1. The largest absolute Gasteiger partial charge is 0.501 e. The summed E-state index contributed by atoms with van der Waals surface area (Å²) in [6.45, 7) is 0. The van der Waals surface area contributed by atoms with Crippen LogP contribution in [0.2, 0.25) is 0 Å². The molecule has 176 valence electrons. The molecular weight excluding hydrogens is 498 g/mol. The molecule has 1 fully saturated rings. The van der Waals surface area contributed by atoms with Crippen LogP contribution in [0.5, 0.6) is 0 Å². The Balaban J connectivity index is 1.46. The number of halogens is 1. The van der Waals surface area contributed by atoms with Gasteiger partial charge in [0.1, 0.15) is 5.82 Å². The number of aliphatic carboxylic acids is 1. The van der Waals surface area contributed by atoms with Crippen molar-refractivity contribution in [3.05, 3.63) is 58.3 Å². The van der Waals surface area contributed by atoms with Crippen molar-refractivity contribution in [2.24, 2.45) is 5.92 Å². The molecule has 3 heterocycles. The Morgan fingerprint density at radius 2 is 1.97 bits per heavy atom. The van der Waals surface area contributed by atoms with Gasteiger partial charge in [0, 0.05) is 29.7 Å². The predicted octanol–water partition coefficient (Wildman–Crippen LogP) is 5.20. The van der Waals surface area contributed by atoms with E-state index in [1.807, 2.05) is 24.4 Å². The normalized spacial score (nSPS) is 20.6. The van der Waals surface area contributed by atoms with Crippen LogP contribution in [0.3, 0.4) is 0 Å². The van der Waals surface area contributed by atoms with Crippen molar-refractivity contribution in [2.75, 3.05) is 12.8 Å². The number of carboxylic acids is 1. The molecule has 0 unspecified atom stereocenters. The number of ether oxygens (including phenoxy) is 1. The Morgan fingerprint density at radius 1 is 1.18 bits per heavy atom. The molecule has 3 aromatic rings. The summed E-state index contributed by atoms with van der Waals surface area (Å²) in [5, 5.41) is 13.8. The van der Waals surface area contributed by atoms with E-state index >= 15 is 0 Å². The number of pyridine rings is 1. The Bertz CT molecular complexity index is 1300. The van der Waals surface area contributed by atoms with Gasteiger partial charge in [-0.2, -0.15) is 9.61 Å². The van der Waals surface area contributed by atoms with E-state index in [2.05, 4.69) is 27.1 Å². The summed E-state index contributed by atoms with van der Waals surface area (Å²) in [6, 6.07) is 4.06. The molecule has 0 amide bonds. The summed E-state index contributed by atoms with van der Waals surface area (Å²) in [7, 11) is 1.69. The fraction of sp³-hybridized carbons (Fsp3) is 0.360. The Morgan fingerprint density at radius 3 is 2.59 bits per heavy atom. The van der Waals surface area contributed by atoms with Gasteiger partial charge in [0.15, 0.2) is 5.65 Å². The van der Waals surface area contributed by atoms with Crippen molar-refractivity contribution in [2.45, 2.75) is 44.4 Å². The zero-order chi connectivity index (χ0) is 23.8. The average Bonchev–Trinajstić information content (AvgIpc) is 3.30. The van der Waals surface area contributed by atoms with Gasteiger partial charge in [0.25, 0.3) is 0 Å². The third-order valence-corrected chi connectivity index (χ3v) is 7.70. The van der Waals surface area contributed by atoms with E-state index in [0.717, 1.165) is 58.4 Å². The summed E-state index contributed by atoms with van der Waals surface area (Å²) in [5.41, 5.74) is 11.9. The fourth-order valence-corrected chi connectivity index (χ4v) is 5.43. The van der Waals surface area contributed by atoms with Crippen molar-refractivity contribution < 1.29 is 14.6 Å². The summed E-state index contributed by atoms with van der Waals surface area (Å²) in [4.78, 5) is 21.0. The highest BCUT2D eigenvalue weighted by Crippen LogP contribution is 2.40. The first-order valence-electron chi connectivity index (χ1n) is 11.4. The van der Waals surface area contributed by atoms with Crippen molar-refractivity contribution in [3.8, 4) is 11.1 Å². The number of fused-ring (bicyclic) bond motifs is 1. The van der Waals surface area contributed by atoms with E-state index in [0.29, 0.717) is 24.3 Å². The number of nitrogens with zero attached hydrogens (tertiary/aromatic N) is 4. The molecule has 0 aromatic carbocycles. The molecule has 5 rings (SSSR count). The molecule has 34 heavy (non-hydrogen) atoms. The summed E-state index contributed by atoms with van der Waals surface area (Å²) >= 11 is 3.61. The smallest absolute Gasteiger partial charge is 0.306 e. The van der Waals surface area contributed by atoms with Crippen LogP contribution in [0, 0.1) is 5.92 Å². The quantitative estimate of drug-likeness (QED) is 0.471. The number of hydrogen-bond donors (Lipinski definition) is 2. The molecular formula is C25H26BrN5O3. The van der Waals surface area contributed by atoms with E-state index in [1.54, 1.807) is 17.8 Å². The van der Waals surface area contributed by atoms with Gasteiger partial charge in [-0.3, -0.25) is 9.78 Å². The Kier molecular flexibility index (Phi) is 6.12. The van der Waals surface area contributed by atoms with E-state index in [-0.39, 0.29) is 11.8 Å². The molecule has 0 spiro atoms. The van der Waals surface area contributed by atoms with Crippen molar-refractivity contribution in [1.82, 2.24) is 19.6 Å². The standard InChI is InChI=1S/C25H26BrN5O3/c1-34-18-9-6-14(7-10-18)20-11-8-17(12-28-20)19-13-29-31-23(27)21(26)22(30-24(19)31)15-2-4-16(5-3-15)25(32)33/h6,8-9,11-13,15-16H,2-5,7,10,27H2,1H3,(H,32,33). The van der Waals surface area contributed by atoms with Gasteiger partial charge in [-0.15, -0.1) is 0 Å². The maximum absolute atomic E-state index is 11.3. The topological polar surface area (TPSA) is 116 Å². The lowest BCUT2D eigenvalue weighted by molar-refractivity contribution is -0.142. The van der Waals surface area contributed by atoms with E-state index in [9.17, 15) is 9.90 Å². The van der Waals surface area contributed by atoms with Gasteiger partial charge in [-0.1, -0.05) is 12.1 Å². The van der Waals surface area contributed by atoms with Crippen LogP contribution in [0.25, 0.3) is 22.3 Å². The van der Waals surface area contributed by atoms with E-state index in [4.69, 9.17) is 20.4 Å². The molecule has 0 radical (unpaired) electrons. The van der Waals surface area contributed by atoms with Crippen molar-refractivity contribution >= 4 is 38.9 Å². The molecule has 2 aliphatic rings. The Hall–Kier alpha value is -3.20. The minimum absolute atomic E-state index is 0.156. The molecule has 8 nitrogen and oxygen atoms in total. The fourth-order valence-electron chi connectivity index (χ4n) is 4.85. The molecule has 0 saturated heterocycles. The molecule has 0 atom stereocenters. The zero-order valence-corrected chi connectivity index (χ0v) is 20.5. The van der Waals surface area contributed by atoms with Crippen LogP contribution in [0.4, 0.5) is 5.82 Å². The molecule has 0 aliphatic heterocycles. The maximum atomic E-state index is 11.3. The molecule has 3 N–H and O–H groups in total. The second kappa shape index (κ2) is 9.21. The average molecular weight is 524 g/mol. The van der Waals surface area contributed by atoms with Gasteiger partial charge in [-0.05, 0) is 65.7 Å². The number of hydrogen-bond acceptors (Lipinski definition) is 6. The van der Waals surface area contributed by atoms with Crippen LogP contribution in [0.15, 0.2) is 46.9 Å². The third-order valence-electron chi connectivity index (χ3n) is 6.89. The van der Waals surface area contributed by atoms with Crippen LogP contribution in [-0.4, -0.2) is 37.8 Å². The number of carbonyl (C=O) groups is 1. The van der Waals surface area contributed by atoms with Crippen LogP contribution >= 0.6 is 15.9 Å². The number of aromatic nitrogens is 4. The minimum atomic E-state index is -0.714. The minimum Gasteiger partial charge on any atom is -0.501 e. The van der Waals surface area contributed by atoms with E-state index < -0.39 is 5.97 Å². The van der Waals surface area contributed by atoms with Crippen molar-refractivity contribution in [3.63, 3.8) is 0 Å². The van der Waals surface area contributed by atoms with E-state index in [1.165, 1.54) is 5.57 Å². The van der Waals surface area contributed by atoms with Gasteiger partial charge in [0.2, 0.25) is 0 Å². The molecule has 9 heteroatoms. The highest BCUT2D eigenvalue weighted by atomic mass is 79.9. The summed E-state index contributed by atoms with van der Waals surface area (Å²) in [5.74, 6) is 0.637. The SMILES string of the molecule is COC1=CC=C(c2ccc(-c3cnn4c(N)c(Br)c(C5CCC(C(=O)O)CC5)nc34)cn2)CC1. The highest BCUT2D eigenvalue weighted by molar-refractivity contribution is 9.10. The number of carboxylic acid groups (broad SMARTS) is 1. The molecule has 1 saturated carbocycles. The second-order valence-corrected chi connectivity index (χ2v) is 9.63. The first kappa shape index (κ1) is 22.6. The van der Waals surface area contributed by atoms with Crippen LogP contribution < -0.4 is 5.73 Å². The number of anilines is 1. The lowest BCUT2D eigenvalue weighted by Crippen LogP contribution is -2.21. The van der Waals surface area contributed by atoms with Gasteiger partial charge in [0.05, 0.1) is 40.8 Å². The highest BCUT2D eigenvalue weighted by Gasteiger charge is 2.30. The van der Waals surface area contributed by atoms with Gasteiger partial charge in [-0.25, -0.2) is 4.98 Å². The Labute approximate surface area is 205 Å². The lowest BCUT2D eigenvalue weighted by Gasteiger charge is -2.26. The molecule has 2 aliphatic carbocycles. The number of nitrogens with two attached hydrogens (primary N) is 1. The molecule has 3 aromatic heterocycles. The number of allylic oxidation sites excluding steroid dienone is 4. The first-order chi connectivity index (χ1) is 16.5. The maximum Gasteiger partial charge on any atom is 0.306 e. The van der Waals surface area contributed by atoms with Crippen LogP contribution in [0.1, 0.15) is 55.8 Å². The summed E-state index contributed by atoms with van der Waals surface area (Å²) in [6.07, 6.45) is 12.3. The first-order valence-corrected chi connectivity index (χ1v) is 12.2. The van der Waals surface area contributed by atoms with Gasteiger partial charge >= 0.3 is 5.97 Å². The third kappa shape index (κ3) is 4.09. The molecule has 0 bridgehead atoms. The number of nitrogen functional groups attached to an aromatic ring is 1. The van der Waals surface area contributed by atoms with Gasteiger partial charge < -0.3 is 15.6 Å². The lowest BCUT2D eigenvalue weighted by atomic mass is 9.80. The summed E-state index contributed by atoms with van der Waals surface area (Å²) < 4.78 is 7.68. The van der Waals surface area contributed by atoms with Crippen molar-refractivity contribution in [1.29, 1.82) is 0 Å². The van der Waals surface area contributed by atoms with Crippen LogP contribution in [-0.2, 0) is 9.53 Å². The monoisotopic (exact) mass is 523 g/mol.